The highest BCUT2D eigenvalue weighted by molar-refractivity contribution is 5.78. The summed E-state index contributed by atoms with van der Waals surface area (Å²) in [5, 5.41) is 9.36. The number of ether oxygens (including phenoxy) is 2. The number of unbranched alkanes of at least 4 members (excludes halogenated alkanes) is 2. The minimum Gasteiger partial charge on any atom is -0.481 e. The van der Waals surface area contributed by atoms with Crippen molar-refractivity contribution in [3.63, 3.8) is 0 Å². The SMILES string of the molecule is CCCCC[C@@H](C(=O)O)c1cccc2c1OCO2. The van der Waals surface area contributed by atoms with E-state index in [0.29, 0.717) is 17.9 Å². The van der Waals surface area contributed by atoms with E-state index in [0.717, 1.165) is 24.8 Å². The van der Waals surface area contributed by atoms with Gasteiger partial charge in [-0.3, -0.25) is 4.79 Å². The van der Waals surface area contributed by atoms with Crippen LogP contribution in [0.2, 0.25) is 0 Å². The van der Waals surface area contributed by atoms with Crippen LogP contribution >= 0.6 is 0 Å². The van der Waals surface area contributed by atoms with Crippen LogP contribution in [0, 0.1) is 0 Å². The van der Waals surface area contributed by atoms with Gasteiger partial charge in [-0.2, -0.15) is 0 Å². The quantitative estimate of drug-likeness (QED) is 0.788. The summed E-state index contributed by atoms with van der Waals surface area (Å²) in [4.78, 5) is 11.4. The third-order valence-electron chi connectivity index (χ3n) is 3.20. The summed E-state index contributed by atoms with van der Waals surface area (Å²) < 4.78 is 10.7. The molecule has 1 aromatic rings. The zero-order valence-electron chi connectivity index (χ0n) is 10.5. The van der Waals surface area contributed by atoms with Crippen LogP contribution in [-0.4, -0.2) is 17.9 Å². The summed E-state index contributed by atoms with van der Waals surface area (Å²) in [5.74, 6) is -0.0566. The molecule has 0 spiro atoms. The Kier molecular flexibility index (Phi) is 4.07. The van der Waals surface area contributed by atoms with Crippen LogP contribution in [0.4, 0.5) is 0 Å². The molecule has 0 fully saturated rings. The molecule has 0 aliphatic carbocycles. The van der Waals surface area contributed by atoms with E-state index in [9.17, 15) is 9.90 Å². The van der Waals surface area contributed by atoms with Gasteiger partial charge in [0.2, 0.25) is 6.79 Å². The molecule has 1 heterocycles. The molecule has 0 unspecified atom stereocenters. The van der Waals surface area contributed by atoms with Crippen LogP contribution in [-0.2, 0) is 4.79 Å². The topological polar surface area (TPSA) is 55.8 Å². The Morgan fingerprint density at radius 2 is 2.22 bits per heavy atom. The normalized spacial score (nSPS) is 14.5. The second-order valence-corrected chi connectivity index (χ2v) is 4.47. The second kappa shape index (κ2) is 5.76. The molecule has 0 bridgehead atoms. The molecule has 4 heteroatoms. The predicted molar refractivity (Wildman–Crippen MR) is 67.1 cm³/mol. The van der Waals surface area contributed by atoms with Crippen molar-refractivity contribution in [1.82, 2.24) is 0 Å². The first-order valence-electron chi connectivity index (χ1n) is 6.35. The van der Waals surface area contributed by atoms with Gasteiger partial charge >= 0.3 is 5.97 Å². The monoisotopic (exact) mass is 250 g/mol. The molecule has 0 saturated carbocycles. The van der Waals surface area contributed by atoms with Gasteiger partial charge in [-0.1, -0.05) is 38.3 Å². The average molecular weight is 250 g/mol. The molecule has 18 heavy (non-hydrogen) atoms. The number of fused-ring (bicyclic) bond motifs is 1. The van der Waals surface area contributed by atoms with Crippen molar-refractivity contribution >= 4 is 5.97 Å². The highest BCUT2D eigenvalue weighted by atomic mass is 16.7. The van der Waals surface area contributed by atoms with Crippen molar-refractivity contribution in [3.05, 3.63) is 23.8 Å². The van der Waals surface area contributed by atoms with Crippen molar-refractivity contribution in [2.75, 3.05) is 6.79 Å². The van der Waals surface area contributed by atoms with E-state index in [2.05, 4.69) is 6.92 Å². The fourth-order valence-corrected chi connectivity index (χ4v) is 2.24. The van der Waals surface area contributed by atoms with Gasteiger partial charge in [0, 0.05) is 5.56 Å². The van der Waals surface area contributed by atoms with Crippen molar-refractivity contribution in [3.8, 4) is 11.5 Å². The standard InChI is InChI=1S/C14H18O4/c1-2-3-4-6-11(14(15)16)10-7-5-8-12-13(10)18-9-17-12/h5,7-8,11H,2-4,6,9H2,1H3,(H,15,16)/t11-/m1/s1. The van der Waals surface area contributed by atoms with Gasteiger partial charge in [0.05, 0.1) is 5.92 Å². The summed E-state index contributed by atoms with van der Waals surface area (Å²) in [6.45, 7) is 2.28. The molecular formula is C14H18O4. The molecule has 1 aliphatic rings. The molecule has 0 radical (unpaired) electrons. The summed E-state index contributed by atoms with van der Waals surface area (Å²) in [7, 11) is 0. The second-order valence-electron chi connectivity index (χ2n) is 4.47. The number of benzene rings is 1. The maximum absolute atomic E-state index is 11.4. The summed E-state index contributed by atoms with van der Waals surface area (Å²) >= 11 is 0. The van der Waals surface area contributed by atoms with Gasteiger partial charge in [0.25, 0.3) is 0 Å². The molecule has 0 saturated heterocycles. The van der Waals surface area contributed by atoms with Crippen molar-refractivity contribution in [2.24, 2.45) is 0 Å². The lowest BCUT2D eigenvalue weighted by Crippen LogP contribution is -2.12. The molecule has 1 atom stereocenters. The Hall–Kier alpha value is -1.71. The van der Waals surface area contributed by atoms with Crippen molar-refractivity contribution in [1.29, 1.82) is 0 Å². The number of carbonyl (C=O) groups is 1. The molecular weight excluding hydrogens is 232 g/mol. The van der Waals surface area contributed by atoms with Gasteiger partial charge < -0.3 is 14.6 Å². The fourth-order valence-electron chi connectivity index (χ4n) is 2.24. The smallest absolute Gasteiger partial charge is 0.311 e. The van der Waals surface area contributed by atoms with Crippen molar-refractivity contribution in [2.45, 2.75) is 38.5 Å². The Morgan fingerprint density at radius 1 is 1.39 bits per heavy atom. The minimum atomic E-state index is -0.796. The summed E-state index contributed by atoms with van der Waals surface area (Å²) in [6.07, 6.45) is 3.69. The van der Waals surface area contributed by atoms with Crippen LogP contribution in [0.25, 0.3) is 0 Å². The zero-order valence-corrected chi connectivity index (χ0v) is 10.5. The van der Waals surface area contributed by atoms with Gasteiger partial charge in [-0.15, -0.1) is 0 Å². The Morgan fingerprint density at radius 3 is 2.94 bits per heavy atom. The number of aliphatic carboxylic acids is 1. The fraction of sp³-hybridized carbons (Fsp3) is 0.500. The van der Waals surface area contributed by atoms with Gasteiger partial charge in [-0.25, -0.2) is 0 Å². The molecule has 1 aromatic carbocycles. The third kappa shape index (κ3) is 2.58. The Balaban J connectivity index is 2.20. The van der Waals surface area contributed by atoms with E-state index < -0.39 is 11.9 Å². The first-order valence-corrected chi connectivity index (χ1v) is 6.35. The average Bonchev–Trinajstić information content (AvgIpc) is 2.82. The Bertz CT molecular complexity index is 428. The molecule has 98 valence electrons. The largest absolute Gasteiger partial charge is 0.481 e. The van der Waals surface area contributed by atoms with E-state index in [4.69, 9.17) is 9.47 Å². The highest BCUT2D eigenvalue weighted by Crippen LogP contribution is 2.40. The van der Waals surface area contributed by atoms with E-state index in [1.807, 2.05) is 12.1 Å². The first-order chi connectivity index (χ1) is 8.74. The number of carboxylic acids is 1. The van der Waals surface area contributed by atoms with E-state index >= 15 is 0 Å². The predicted octanol–water partition coefficient (Wildman–Crippen LogP) is 3.16. The lowest BCUT2D eigenvalue weighted by molar-refractivity contribution is -0.139. The Labute approximate surface area is 107 Å². The molecule has 1 N–H and O–H groups in total. The molecule has 4 nitrogen and oxygen atoms in total. The van der Waals surface area contributed by atoms with Crippen LogP contribution in [0.5, 0.6) is 11.5 Å². The van der Waals surface area contributed by atoms with Crippen molar-refractivity contribution < 1.29 is 19.4 Å². The van der Waals surface area contributed by atoms with E-state index in [1.54, 1.807) is 6.07 Å². The van der Waals surface area contributed by atoms with E-state index in [1.165, 1.54) is 0 Å². The van der Waals surface area contributed by atoms with Gasteiger partial charge in [-0.05, 0) is 12.5 Å². The first kappa shape index (κ1) is 12.7. The van der Waals surface area contributed by atoms with Gasteiger partial charge in [0.15, 0.2) is 11.5 Å². The maximum atomic E-state index is 11.4. The third-order valence-corrected chi connectivity index (χ3v) is 3.20. The summed E-state index contributed by atoms with van der Waals surface area (Å²) in [6, 6.07) is 5.44. The molecule has 0 amide bonds. The minimum absolute atomic E-state index is 0.174. The number of hydrogen-bond acceptors (Lipinski definition) is 3. The van der Waals surface area contributed by atoms with Crippen LogP contribution in [0.3, 0.4) is 0 Å². The lowest BCUT2D eigenvalue weighted by Gasteiger charge is -2.14. The summed E-state index contributed by atoms with van der Waals surface area (Å²) in [5.41, 5.74) is 0.730. The molecule has 1 aliphatic heterocycles. The van der Waals surface area contributed by atoms with Crippen LogP contribution in [0.1, 0.15) is 44.1 Å². The lowest BCUT2D eigenvalue weighted by atomic mass is 9.92. The number of carboxylic acid groups (broad SMARTS) is 1. The van der Waals surface area contributed by atoms with Gasteiger partial charge in [0.1, 0.15) is 0 Å². The van der Waals surface area contributed by atoms with Crippen LogP contribution in [0.15, 0.2) is 18.2 Å². The number of rotatable bonds is 6. The van der Waals surface area contributed by atoms with Crippen LogP contribution < -0.4 is 9.47 Å². The van der Waals surface area contributed by atoms with E-state index in [-0.39, 0.29) is 6.79 Å². The molecule has 2 rings (SSSR count). The number of hydrogen-bond donors (Lipinski definition) is 1. The zero-order chi connectivity index (χ0) is 13.0. The number of para-hydroxylation sites is 1. The maximum Gasteiger partial charge on any atom is 0.311 e. The molecule has 0 aromatic heterocycles. The highest BCUT2D eigenvalue weighted by Gasteiger charge is 2.27.